The molecule has 0 aromatic carbocycles. The summed E-state index contributed by atoms with van der Waals surface area (Å²) in [5, 5.41) is 4.92. The Morgan fingerprint density at radius 1 is 1.30 bits per heavy atom. The van der Waals surface area contributed by atoms with Crippen molar-refractivity contribution in [1.29, 1.82) is 0 Å². The van der Waals surface area contributed by atoms with Gasteiger partial charge in [0.25, 0.3) is 5.89 Å². The number of aryl methyl sites for hydroxylation is 1. The fraction of sp³-hybridized carbons (Fsp3) is 0.571. The van der Waals surface area contributed by atoms with Crippen LogP contribution in [0.2, 0.25) is 0 Å². The lowest BCUT2D eigenvalue weighted by molar-refractivity contribution is 0.0996. The van der Waals surface area contributed by atoms with E-state index in [-0.39, 0.29) is 12.0 Å². The van der Waals surface area contributed by atoms with E-state index in [0.29, 0.717) is 12.0 Å². The van der Waals surface area contributed by atoms with Crippen LogP contribution < -0.4 is 5.73 Å². The first kappa shape index (κ1) is 12.3. The number of hydrogen-bond acceptors (Lipinski definition) is 6. The van der Waals surface area contributed by atoms with E-state index in [9.17, 15) is 0 Å². The molecule has 106 valence electrons. The Balaban J connectivity index is 1.68. The van der Waals surface area contributed by atoms with Gasteiger partial charge in [0.2, 0.25) is 0 Å². The van der Waals surface area contributed by atoms with E-state index < -0.39 is 0 Å². The zero-order valence-electron chi connectivity index (χ0n) is 11.5. The average Bonchev–Trinajstić information content (AvgIpc) is 3.16. The van der Waals surface area contributed by atoms with E-state index in [2.05, 4.69) is 17.1 Å². The SMILES string of the molecule is Cc1sc(N)c(-c2nc(C3CC4CCC3O4)no2)c1C. The first-order valence-corrected chi connectivity index (χ1v) is 7.80. The number of anilines is 1. The normalized spacial score (nSPS) is 28.4. The molecular formula is C14H17N3O2S. The molecule has 2 aromatic rings. The van der Waals surface area contributed by atoms with Gasteiger partial charge in [0.15, 0.2) is 5.82 Å². The Labute approximate surface area is 121 Å². The largest absolute Gasteiger partial charge is 0.390 e. The van der Waals surface area contributed by atoms with E-state index in [0.717, 1.165) is 34.8 Å². The van der Waals surface area contributed by atoms with Crippen molar-refractivity contribution in [3.63, 3.8) is 0 Å². The minimum atomic E-state index is 0.271. The topological polar surface area (TPSA) is 74.2 Å². The van der Waals surface area contributed by atoms with Crippen LogP contribution in [-0.2, 0) is 4.74 Å². The molecule has 6 heteroatoms. The Morgan fingerprint density at radius 2 is 2.15 bits per heavy atom. The third kappa shape index (κ3) is 1.71. The second-order valence-corrected chi connectivity index (χ2v) is 6.95. The molecule has 2 bridgehead atoms. The molecule has 0 spiro atoms. The Morgan fingerprint density at radius 3 is 2.75 bits per heavy atom. The van der Waals surface area contributed by atoms with Crippen LogP contribution in [0, 0.1) is 13.8 Å². The maximum absolute atomic E-state index is 6.06. The first-order valence-electron chi connectivity index (χ1n) is 6.98. The summed E-state index contributed by atoms with van der Waals surface area (Å²) in [6.07, 6.45) is 3.95. The highest BCUT2D eigenvalue weighted by atomic mass is 32.1. The second kappa shape index (κ2) is 4.30. The molecule has 2 aromatic heterocycles. The number of ether oxygens (including phenoxy) is 1. The fourth-order valence-electron chi connectivity index (χ4n) is 3.32. The quantitative estimate of drug-likeness (QED) is 0.920. The van der Waals surface area contributed by atoms with Crippen molar-refractivity contribution in [3.8, 4) is 11.5 Å². The van der Waals surface area contributed by atoms with Gasteiger partial charge in [-0.15, -0.1) is 11.3 Å². The summed E-state index contributed by atoms with van der Waals surface area (Å²) in [6.45, 7) is 4.10. The molecular weight excluding hydrogens is 274 g/mol. The third-order valence-corrected chi connectivity index (χ3v) is 5.54. The highest BCUT2D eigenvalue weighted by Gasteiger charge is 2.43. The van der Waals surface area contributed by atoms with Gasteiger partial charge in [0.1, 0.15) is 0 Å². The molecule has 20 heavy (non-hydrogen) atoms. The summed E-state index contributed by atoms with van der Waals surface area (Å²) in [5.41, 5.74) is 8.09. The number of nitrogens with zero attached hydrogens (tertiary/aromatic N) is 2. The molecule has 3 unspecified atom stereocenters. The van der Waals surface area contributed by atoms with Gasteiger partial charge in [-0.3, -0.25) is 0 Å². The van der Waals surface area contributed by atoms with Gasteiger partial charge in [-0.1, -0.05) is 5.16 Å². The van der Waals surface area contributed by atoms with E-state index in [1.165, 1.54) is 11.3 Å². The van der Waals surface area contributed by atoms with Gasteiger partial charge >= 0.3 is 0 Å². The summed E-state index contributed by atoms with van der Waals surface area (Å²) in [6, 6.07) is 0. The number of hydrogen-bond donors (Lipinski definition) is 1. The molecule has 2 N–H and O–H groups in total. The van der Waals surface area contributed by atoms with E-state index in [1.54, 1.807) is 11.3 Å². The molecule has 0 amide bonds. The zero-order valence-corrected chi connectivity index (χ0v) is 12.4. The average molecular weight is 291 g/mol. The van der Waals surface area contributed by atoms with Crippen molar-refractivity contribution in [2.24, 2.45) is 0 Å². The second-order valence-electron chi connectivity index (χ2n) is 5.70. The highest BCUT2D eigenvalue weighted by Crippen LogP contribution is 2.44. The first-order chi connectivity index (χ1) is 9.63. The molecule has 0 aliphatic carbocycles. The molecule has 0 radical (unpaired) electrons. The van der Waals surface area contributed by atoms with E-state index in [1.807, 2.05) is 6.92 Å². The predicted octanol–water partition coefficient (Wildman–Crippen LogP) is 3.03. The van der Waals surface area contributed by atoms with E-state index >= 15 is 0 Å². The molecule has 2 aliphatic rings. The Bertz CT molecular complexity index is 663. The lowest BCUT2D eigenvalue weighted by Gasteiger charge is -2.13. The van der Waals surface area contributed by atoms with Crippen molar-refractivity contribution in [3.05, 3.63) is 16.3 Å². The summed E-state index contributed by atoms with van der Waals surface area (Å²) >= 11 is 1.57. The number of thiophene rings is 1. The Hall–Kier alpha value is -1.40. The summed E-state index contributed by atoms with van der Waals surface area (Å²) in [5.74, 6) is 1.60. The molecule has 4 rings (SSSR count). The highest BCUT2D eigenvalue weighted by molar-refractivity contribution is 7.16. The van der Waals surface area contributed by atoms with Crippen LogP contribution >= 0.6 is 11.3 Å². The number of aromatic nitrogens is 2. The number of rotatable bonds is 2. The van der Waals surface area contributed by atoms with Crippen LogP contribution in [0.15, 0.2) is 4.52 Å². The van der Waals surface area contributed by atoms with Crippen molar-refractivity contribution >= 4 is 16.3 Å². The molecule has 2 fully saturated rings. The molecule has 2 aliphatic heterocycles. The van der Waals surface area contributed by atoms with Crippen LogP contribution in [0.5, 0.6) is 0 Å². The lowest BCUT2D eigenvalue weighted by atomic mass is 9.89. The van der Waals surface area contributed by atoms with E-state index in [4.69, 9.17) is 15.0 Å². The van der Waals surface area contributed by atoms with Crippen LogP contribution in [0.4, 0.5) is 5.00 Å². The van der Waals surface area contributed by atoms with Crippen LogP contribution in [0.3, 0.4) is 0 Å². The van der Waals surface area contributed by atoms with Crippen LogP contribution in [0.25, 0.3) is 11.5 Å². The minimum Gasteiger partial charge on any atom is -0.390 e. The van der Waals surface area contributed by atoms with Crippen LogP contribution in [-0.4, -0.2) is 22.3 Å². The van der Waals surface area contributed by atoms with Gasteiger partial charge in [-0.25, -0.2) is 0 Å². The Kier molecular flexibility index (Phi) is 2.65. The number of fused-ring (bicyclic) bond motifs is 2. The minimum absolute atomic E-state index is 0.271. The standard InChI is InChI=1S/C14H17N3O2S/c1-6-7(2)20-12(15)11(6)14-16-13(17-19-14)9-5-8-3-4-10(9)18-8/h8-10H,3-5,15H2,1-2H3. The van der Waals surface area contributed by atoms with Gasteiger partial charge in [-0.05, 0) is 38.7 Å². The van der Waals surface area contributed by atoms with Crippen molar-refractivity contribution in [2.75, 3.05) is 5.73 Å². The molecule has 3 atom stereocenters. The van der Waals surface area contributed by atoms with Crippen molar-refractivity contribution in [1.82, 2.24) is 10.1 Å². The maximum Gasteiger partial charge on any atom is 0.261 e. The number of nitrogen functional groups attached to an aromatic ring is 1. The van der Waals surface area contributed by atoms with Gasteiger partial charge in [0.05, 0.1) is 28.7 Å². The molecule has 4 heterocycles. The third-order valence-electron chi connectivity index (χ3n) is 4.51. The summed E-state index contributed by atoms with van der Waals surface area (Å²) < 4.78 is 11.3. The summed E-state index contributed by atoms with van der Waals surface area (Å²) in [7, 11) is 0. The predicted molar refractivity (Wildman–Crippen MR) is 76.8 cm³/mol. The lowest BCUT2D eigenvalue weighted by Crippen LogP contribution is -2.15. The summed E-state index contributed by atoms with van der Waals surface area (Å²) in [4.78, 5) is 5.78. The van der Waals surface area contributed by atoms with Gasteiger partial charge in [-0.2, -0.15) is 4.98 Å². The fourth-order valence-corrected chi connectivity index (χ4v) is 4.24. The van der Waals surface area contributed by atoms with Crippen molar-refractivity contribution in [2.45, 2.75) is 51.2 Å². The zero-order chi connectivity index (χ0) is 13.9. The smallest absolute Gasteiger partial charge is 0.261 e. The van der Waals surface area contributed by atoms with Crippen molar-refractivity contribution < 1.29 is 9.26 Å². The van der Waals surface area contributed by atoms with Crippen LogP contribution in [0.1, 0.15) is 41.4 Å². The molecule has 2 saturated heterocycles. The maximum atomic E-state index is 6.06. The number of nitrogens with two attached hydrogens (primary N) is 1. The van der Waals surface area contributed by atoms with Gasteiger partial charge in [0, 0.05) is 4.88 Å². The molecule has 5 nitrogen and oxygen atoms in total. The monoisotopic (exact) mass is 291 g/mol. The molecule has 0 saturated carbocycles. The van der Waals surface area contributed by atoms with Gasteiger partial charge < -0.3 is 15.0 Å².